The van der Waals surface area contributed by atoms with Crippen LogP contribution in [0.5, 0.6) is 0 Å². The van der Waals surface area contributed by atoms with Crippen LogP contribution in [0.1, 0.15) is 21.5 Å². The molecule has 0 aromatic heterocycles. The minimum Gasteiger partial charge on any atom is -0.374 e. The Labute approximate surface area is 156 Å². The topological polar surface area (TPSA) is 23.6 Å². The van der Waals surface area contributed by atoms with Crippen LogP contribution in [0.2, 0.25) is 0 Å². The number of nitrogens with zero attached hydrogens (tertiary/aromatic N) is 2. The summed E-state index contributed by atoms with van der Waals surface area (Å²) in [6.45, 7) is 4.46. The molecule has 1 fully saturated rings. The van der Waals surface area contributed by atoms with Gasteiger partial charge in [-0.25, -0.2) is 0 Å². The molecule has 0 atom stereocenters. The molecule has 0 unspecified atom stereocenters. The first kappa shape index (κ1) is 19.0. The first-order valence-electron chi connectivity index (χ1n) is 8.78. The molecule has 0 bridgehead atoms. The summed E-state index contributed by atoms with van der Waals surface area (Å²) in [5, 5.41) is 0. The lowest BCUT2D eigenvalue weighted by molar-refractivity contribution is -0.137. The van der Waals surface area contributed by atoms with Gasteiger partial charge in [-0.15, -0.1) is 0 Å². The van der Waals surface area contributed by atoms with Crippen LogP contribution in [0.4, 0.5) is 18.9 Å². The summed E-state index contributed by atoms with van der Waals surface area (Å²) in [6, 6.07) is 12.8. The molecule has 0 N–H and O–H groups in total. The van der Waals surface area contributed by atoms with Gasteiger partial charge < -0.3 is 9.80 Å². The van der Waals surface area contributed by atoms with Gasteiger partial charge in [0, 0.05) is 49.7 Å². The predicted molar refractivity (Wildman–Crippen MR) is 99.9 cm³/mol. The Balaban J connectivity index is 1.57. The summed E-state index contributed by atoms with van der Waals surface area (Å²) in [7, 11) is 0. The van der Waals surface area contributed by atoms with Gasteiger partial charge in [-0.1, -0.05) is 35.9 Å². The molecule has 2 aromatic rings. The third-order valence-electron chi connectivity index (χ3n) is 4.63. The molecule has 3 nitrogen and oxygen atoms in total. The van der Waals surface area contributed by atoms with Crippen molar-refractivity contribution in [3.8, 4) is 0 Å². The zero-order valence-electron chi connectivity index (χ0n) is 15.0. The maximum Gasteiger partial charge on any atom is 0.416 e. The van der Waals surface area contributed by atoms with Crippen LogP contribution < -0.4 is 4.90 Å². The minimum absolute atomic E-state index is 0.0599. The van der Waals surface area contributed by atoms with E-state index in [1.807, 2.05) is 28.9 Å². The van der Waals surface area contributed by atoms with Gasteiger partial charge in [-0.2, -0.15) is 13.2 Å². The number of allylic oxidation sites excluding steroid dienone is 1. The molecule has 0 aliphatic carbocycles. The van der Waals surface area contributed by atoms with E-state index in [9.17, 15) is 18.0 Å². The quantitative estimate of drug-likeness (QED) is 0.580. The highest BCUT2D eigenvalue weighted by Gasteiger charge is 2.31. The Morgan fingerprint density at radius 2 is 1.67 bits per heavy atom. The van der Waals surface area contributed by atoms with Crippen molar-refractivity contribution in [1.82, 2.24) is 4.90 Å². The maximum absolute atomic E-state index is 12.9. The molecule has 0 spiro atoms. The summed E-state index contributed by atoms with van der Waals surface area (Å²) in [5.41, 5.74) is 1.68. The fourth-order valence-electron chi connectivity index (χ4n) is 3.00. The Bertz CT molecular complexity index is 820. The van der Waals surface area contributed by atoms with E-state index < -0.39 is 11.7 Å². The van der Waals surface area contributed by atoms with Crippen molar-refractivity contribution in [2.24, 2.45) is 0 Å². The highest BCUT2D eigenvalue weighted by atomic mass is 19.4. The SMILES string of the molecule is Cc1ccc(C(=O)/C=C\N2CCN(c3cccc(C(F)(F)F)c3)CC2)cc1. The van der Waals surface area contributed by atoms with Crippen molar-refractivity contribution in [3.63, 3.8) is 0 Å². The van der Waals surface area contributed by atoms with Gasteiger partial charge in [0.2, 0.25) is 0 Å². The molecule has 0 radical (unpaired) electrons. The van der Waals surface area contributed by atoms with Crippen LogP contribution in [0.15, 0.2) is 60.8 Å². The first-order chi connectivity index (χ1) is 12.8. The number of carbonyl (C=O) groups is 1. The van der Waals surface area contributed by atoms with Crippen LogP contribution in [0.3, 0.4) is 0 Å². The number of aryl methyl sites for hydroxylation is 1. The summed E-state index contributed by atoms with van der Waals surface area (Å²) in [4.78, 5) is 16.1. The van der Waals surface area contributed by atoms with E-state index in [1.54, 1.807) is 30.5 Å². The first-order valence-corrected chi connectivity index (χ1v) is 8.78. The molecule has 27 heavy (non-hydrogen) atoms. The number of hydrogen-bond acceptors (Lipinski definition) is 3. The van der Waals surface area contributed by atoms with Gasteiger partial charge in [-0.3, -0.25) is 4.79 Å². The van der Waals surface area contributed by atoms with E-state index in [0.29, 0.717) is 37.4 Å². The monoisotopic (exact) mass is 374 g/mol. The van der Waals surface area contributed by atoms with E-state index in [-0.39, 0.29) is 5.78 Å². The second-order valence-electron chi connectivity index (χ2n) is 6.62. The Hall–Kier alpha value is -2.76. The van der Waals surface area contributed by atoms with Crippen molar-refractivity contribution in [3.05, 3.63) is 77.5 Å². The largest absolute Gasteiger partial charge is 0.416 e. The summed E-state index contributed by atoms with van der Waals surface area (Å²) in [6.07, 6.45) is -1.02. The van der Waals surface area contributed by atoms with E-state index in [1.165, 1.54) is 12.1 Å². The lowest BCUT2D eigenvalue weighted by Crippen LogP contribution is -2.44. The molecule has 0 amide bonds. The van der Waals surface area contributed by atoms with Crippen molar-refractivity contribution in [1.29, 1.82) is 0 Å². The van der Waals surface area contributed by atoms with E-state index in [0.717, 1.165) is 11.6 Å². The van der Waals surface area contributed by atoms with Gasteiger partial charge in [0.25, 0.3) is 0 Å². The summed E-state index contributed by atoms with van der Waals surface area (Å²) >= 11 is 0. The number of piperazine rings is 1. The van der Waals surface area contributed by atoms with E-state index in [2.05, 4.69) is 0 Å². The molecule has 1 saturated heterocycles. The zero-order chi connectivity index (χ0) is 19.4. The Morgan fingerprint density at radius 1 is 1.00 bits per heavy atom. The van der Waals surface area contributed by atoms with Gasteiger partial charge in [-0.05, 0) is 25.1 Å². The second kappa shape index (κ2) is 7.86. The van der Waals surface area contributed by atoms with Crippen LogP contribution >= 0.6 is 0 Å². The average molecular weight is 374 g/mol. The smallest absolute Gasteiger partial charge is 0.374 e. The number of rotatable bonds is 4. The molecule has 142 valence electrons. The van der Waals surface area contributed by atoms with E-state index >= 15 is 0 Å². The van der Waals surface area contributed by atoms with E-state index in [4.69, 9.17) is 0 Å². The predicted octanol–water partition coefficient (Wildman–Crippen LogP) is 4.53. The van der Waals surface area contributed by atoms with Crippen LogP contribution in [0, 0.1) is 6.92 Å². The highest BCUT2D eigenvalue weighted by Crippen LogP contribution is 2.31. The standard InChI is InChI=1S/C21H21F3N2O/c1-16-5-7-17(8-6-16)20(27)9-10-25-11-13-26(14-12-25)19-4-2-3-18(15-19)21(22,23)24/h2-10,15H,11-14H2,1H3/b10-9-. The lowest BCUT2D eigenvalue weighted by Gasteiger charge is -2.35. The fourth-order valence-corrected chi connectivity index (χ4v) is 3.00. The van der Waals surface area contributed by atoms with Gasteiger partial charge in [0.1, 0.15) is 0 Å². The van der Waals surface area contributed by atoms with Crippen LogP contribution in [-0.4, -0.2) is 36.9 Å². The molecule has 6 heteroatoms. The molecule has 1 aliphatic rings. The van der Waals surface area contributed by atoms with Crippen molar-refractivity contribution in [2.75, 3.05) is 31.1 Å². The van der Waals surface area contributed by atoms with Crippen LogP contribution in [-0.2, 0) is 6.18 Å². The molecule has 2 aromatic carbocycles. The second-order valence-corrected chi connectivity index (χ2v) is 6.62. The molecular formula is C21H21F3N2O. The normalized spacial score (nSPS) is 15.4. The number of alkyl halides is 3. The molecule has 1 aliphatic heterocycles. The van der Waals surface area contributed by atoms with Crippen molar-refractivity contribution < 1.29 is 18.0 Å². The summed E-state index contributed by atoms with van der Waals surface area (Å²) in [5.74, 6) is -0.0599. The fraction of sp³-hybridized carbons (Fsp3) is 0.286. The minimum atomic E-state index is -4.34. The van der Waals surface area contributed by atoms with Gasteiger partial charge in [0.05, 0.1) is 5.56 Å². The average Bonchev–Trinajstić information content (AvgIpc) is 2.66. The Morgan fingerprint density at radius 3 is 2.30 bits per heavy atom. The number of anilines is 1. The molecule has 0 saturated carbocycles. The zero-order valence-corrected chi connectivity index (χ0v) is 15.0. The van der Waals surface area contributed by atoms with Crippen molar-refractivity contribution >= 4 is 11.5 Å². The number of benzene rings is 2. The summed E-state index contributed by atoms with van der Waals surface area (Å²) < 4.78 is 38.6. The third-order valence-corrected chi connectivity index (χ3v) is 4.63. The van der Waals surface area contributed by atoms with Gasteiger partial charge >= 0.3 is 6.18 Å². The third kappa shape index (κ3) is 4.90. The molecule has 1 heterocycles. The number of ketones is 1. The maximum atomic E-state index is 12.9. The molecule has 3 rings (SSSR count). The lowest BCUT2D eigenvalue weighted by atomic mass is 10.1. The van der Waals surface area contributed by atoms with Crippen molar-refractivity contribution in [2.45, 2.75) is 13.1 Å². The number of halogens is 3. The molecular weight excluding hydrogens is 353 g/mol. The number of carbonyl (C=O) groups excluding carboxylic acids is 1. The van der Waals surface area contributed by atoms with Gasteiger partial charge in [0.15, 0.2) is 5.78 Å². The number of hydrogen-bond donors (Lipinski definition) is 0. The Kier molecular flexibility index (Phi) is 5.54. The highest BCUT2D eigenvalue weighted by molar-refractivity contribution is 6.04. The van der Waals surface area contributed by atoms with Crippen LogP contribution in [0.25, 0.3) is 0 Å².